The molecule has 1 N–H and O–H groups in total. The molecule has 2 aromatic carbocycles. The standard InChI is InChI=1S/C25H30F2N6O/c1-18-10-22(29-25-28-17-33(30-25)24-13-20(26)12-21(27)14-24)15-23(11-18)32-4-2-19(3-5-32)16-31-6-8-34-9-7-31/h10-15,17,19H,2-9,16H2,1H3,(H,29,30). The molecule has 0 saturated carbocycles. The summed E-state index contributed by atoms with van der Waals surface area (Å²) in [5, 5.41) is 7.56. The van der Waals surface area contributed by atoms with Gasteiger partial charge in [0.05, 0.1) is 18.9 Å². The number of benzene rings is 2. The van der Waals surface area contributed by atoms with Crippen LogP contribution in [0.3, 0.4) is 0 Å². The van der Waals surface area contributed by atoms with E-state index in [9.17, 15) is 8.78 Å². The van der Waals surface area contributed by atoms with Crippen LogP contribution in [-0.2, 0) is 4.74 Å². The lowest BCUT2D eigenvalue weighted by molar-refractivity contribution is 0.0289. The van der Waals surface area contributed by atoms with E-state index in [0.717, 1.165) is 62.6 Å². The van der Waals surface area contributed by atoms with Crippen LogP contribution in [0, 0.1) is 24.5 Å². The third kappa shape index (κ3) is 5.53. The van der Waals surface area contributed by atoms with Crippen LogP contribution in [0.2, 0.25) is 0 Å². The van der Waals surface area contributed by atoms with Crippen molar-refractivity contribution in [1.82, 2.24) is 19.7 Å². The Labute approximate surface area is 198 Å². The maximum Gasteiger partial charge on any atom is 0.246 e. The minimum Gasteiger partial charge on any atom is -0.379 e. The van der Waals surface area contributed by atoms with Crippen LogP contribution in [0.4, 0.5) is 26.1 Å². The first-order chi connectivity index (χ1) is 16.5. The highest BCUT2D eigenvalue weighted by molar-refractivity contribution is 5.64. The summed E-state index contributed by atoms with van der Waals surface area (Å²) in [7, 11) is 0. The lowest BCUT2D eigenvalue weighted by Gasteiger charge is -2.37. The summed E-state index contributed by atoms with van der Waals surface area (Å²) in [6, 6.07) is 9.62. The smallest absolute Gasteiger partial charge is 0.246 e. The van der Waals surface area contributed by atoms with Crippen LogP contribution < -0.4 is 10.2 Å². The summed E-state index contributed by atoms with van der Waals surface area (Å²) in [4.78, 5) is 9.22. The predicted molar refractivity (Wildman–Crippen MR) is 128 cm³/mol. The number of rotatable bonds is 6. The molecule has 3 aromatic rings. The Morgan fingerprint density at radius 3 is 2.41 bits per heavy atom. The second-order valence-corrected chi connectivity index (χ2v) is 9.17. The summed E-state index contributed by atoms with van der Waals surface area (Å²) in [5.41, 5.74) is 3.48. The molecule has 9 heteroatoms. The molecule has 5 rings (SSSR count). The van der Waals surface area contributed by atoms with Gasteiger partial charge in [0.25, 0.3) is 0 Å². The van der Waals surface area contributed by atoms with Gasteiger partial charge in [0.1, 0.15) is 18.0 Å². The van der Waals surface area contributed by atoms with Crippen molar-refractivity contribution in [3.63, 3.8) is 0 Å². The van der Waals surface area contributed by atoms with Crippen molar-refractivity contribution in [2.24, 2.45) is 5.92 Å². The number of nitrogens with zero attached hydrogens (tertiary/aromatic N) is 5. The highest BCUT2D eigenvalue weighted by Gasteiger charge is 2.23. The number of halogens is 2. The Morgan fingerprint density at radius 1 is 0.941 bits per heavy atom. The van der Waals surface area contributed by atoms with E-state index in [4.69, 9.17) is 4.74 Å². The SMILES string of the molecule is Cc1cc(Nc2ncn(-c3cc(F)cc(F)c3)n2)cc(N2CCC(CN3CCOCC3)CC2)c1. The lowest BCUT2D eigenvalue weighted by atomic mass is 9.95. The van der Waals surface area contributed by atoms with Gasteiger partial charge in [-0.2, -0.15) is 4.98 Å². The molecule has 0 spiro atoms. The fourth-order valence-electron chi connectivity index (χ4n) is 4.79. The molecule has 0 radical (unpaired) electrons. The molecule has 7 nitrogen and oxygen atoms in total. The van der Waals surface area contributed by atoms with E-state index in [1.54, 1.807) is 0 Å². The number of hydrogen-bond donors (Lipinski definition) is 1. The third-order valence-electron chi connectivity index (χ3n) is 6.52. The Morgan fingerprint density at radius 2 is 1.68 bits per heavy atom. The van der Waals surface area contributed by atoms with Crippen molar-refractivity contribution >= 4 is 17.3 Å². The van der Waals surface area contributed by atoms with Crippen molar-refractivity contribution in [2.45, 2.75) is 19.8 Å². The maximum absolute atomic E-state index is 13.5. The molecule has 0 unspecified atom stereocenters. The van der Waals surface area contributed by atoms with E-state index >= 15 is 0 Å². The van der Waals surface area contributed by atoms with Gasteiger partial charge in [-0.25, -0.2) is 13.5 Å². The first-order valence-electron chi connectivity index (χ1n) is 11.8. The minimum atomic E-state index is -0.656. The van der Waals surface area contributed by atoms with Gasteiger partial charge in [0, 0.05) is 50.2 Å². The van der Waals surface area contributed by atoms with E-state index in [1.165, 1.54) is 48.2 Å². The molecule has 0 bridgehead atoms. The number of ether oxygens (including phenoxy) is 1. The van der Waals surface area contributed by atoms with E-state index in [1.807, 2.05) is 6.07 Å². The second kappa shape index (κ2) is 10.1. The number of aromatic nitrogens is 3. The van der Waals surface area contributed by atoms with Crippen molar-refractivity contribution < 1.29 is 13.5 Å². The van der Waals surface area contributed by atoms with E-state index in [0.29, 0.717) is 5.95 Å². The van der Waals surface area contributed by atoms with Crippen molar-refractivity contribution in [3.05, 3.63) is 59.9 Å². The Kier molecular flexibility index (Phi) is 6.73. The molecule has 180 valence electrons. The molecule has 0 aliphatic carbocycles. The summed E-state index contributed by atoms with van der Waals surface area (Å²) < 4.78 is 33.9. The van der Waals surface area contributed by atoms with Crippen LogP contribution in [0.1, 0.15) is 18.4 Å². The van der Waals surface area contributed by atoms with Gasteiger partial charge in [-0.3, -0.25) is 4.90 Å². The maximum atomic E-state index is 13.5. The minimum absolute atomic E-state index is 0.280. The van der Waals surface area contributed by atoms with Crippen LogP contribution in [-0.4, -0.2) is 65.6 Å². The molecule has 2 aliphatic heterocycles. The van der Waals surface area contributed by atoms with Crippen LogP contribution in [0.15, 0.2) is 42.7 Å². The highest BCUT2D eigenvalue weighted by atomic mass is 19.1. The van der Waals surface area contributed by atoms with Crippen molar-refractivity contribution in [1.29, 1.82) is 0 Å². The fraction of sp³-hybridized carbons (Fsp3) is 0.440. The monoisotopic (exact) mass is 468 g/mol. The van der Waals surface area contributed by atoms with E-state index in [2.05, 4.69) is 44.3 Å². The quantitative estimate of drug-likeness (QED) is 0.587. The second-order valence-electron chi connectivity index (χ2n) is 9.17. The van der Waals surface area contributed by atoms with Crippen molar-refractivity contribution in [2.75, 3.05) is 56.2 Å². The number of aryl methyl sites for hydroxylation is 1. The molecule has 0 amide bonds. The van der Waals surface area contributed by atoms with Crippen LogP contribution in [0.25, 0.3) is 5.69 Å². The average Bonchev–Trinajstić information content (AvgIpc) is 3.28. The number of piperidine rings is 1. The molecule has 3 heterocycles. The largest absolute Gasteiger partial charge is 0.379 e. The fourth-order valence-corrected chi connectivity index (χ4v) is 4.79. The third-order valence-corrected chi connectivity index (χ3v) is 6.52. The molecular formula is C25H30F2N6O. The average molecular weight is 469 g/mol. The first-order valence-corrected chi connectivity index (χ1v) is 11.8. The number of nitrogens with one attached hydrogen (secondary N) is 1. The number of anilines is 3. The normalized spacial score (nSPS) is 17.8. The van der Waals surface area contributed by atoms with Gasteiger partial charge in [-0.15, -0.1) is 5.10 Å². The molecule has 34 heavy (non-hydrogen) atoms. The van der Waals surface area contributed by atoms with Gasteiger partial charge < -0.3 is 15.0 Å². The van der Waals surface area contributed by atoms with E-state index < -0.39 is 11.6 Å². The van der Waals surface area contributed by atoms with Gasteiger partial charge in [-0.05, 0) is 61.6 Å². The Bertz CT molecular complexity index is 1100. The first kappa shape index (κ1) is 22.7. The summed E-state index contributed by atoms with van der Waals surface area (Å²) in [5.74, 6) is -0.211. The zero-order chi connectivity index (χ0) is 23.5. The van der Waals surface area contributed by atoms with Gasteiger partial charge in [0.2, 0.25) is 5.95 Å². The van der Waals surface area contributed by atoms with Crippen LogP contribution in [0.5, 0.6) is 0 Å². The lowest BCUT2D eigenvalue weighted by Crippen LogP contribution is -2.42. The molecule has 2 aliphatic rings. The van der Waals surface area contributed by atoms with Crippen LogP contribution >= 0.6 is 0 Å². The zero-order valence-electron chi connectivity index (χ0n) is 19.4. The van der Waals surface area contributed by atoms with Gasteiger partial charge in [-0.1, -0.05) is 0 Å². The Balaban J connectivity index is 1.23. The molecular weight excluding hydrogens is 438 g/mol. The number of hydrogen-bond acceptors (Lipinski definition) is 6. The molecule has 2 saturated heterocycles. The van der Waals surface area contributed by atoms with Crippen molar-refractivity contribution in [3.8, 4) is 5.69 Å². The zero-order valence-corrected chi connectivity index (χ0v) is 19.4. The number of morpholine rings is 1. The predicted octanol–water partition coefficient (Wildman–Crippen LogP) is 4.15. The topological polar surface area (TPSA) is 58.5 Å². The molecule has 2 fully saturated rings. The van der Waals surface area contributed by atoms with Gasteiger partial charge >= 0.3 is 0 Å². The summed E-state index contributed by atoms with van der Waals surface area (Å²) >= 11 is 0. The molecule has 0 atom stereocenters. The highest BCUT2D eigenvalue weighted by Crippen LogP contribution is 2.28. The van der Waals surface area contributed by atoms with Gasteiger partial charge in [0.15, 0.2) is 0 Å². The Hall–Kier alpha value is -3.04. The van der Waals surface area contributed by atoms with E-state index in [-0.39, 0.29) is 5.69 Å². The summed E-state index contributed by atoms with van der Waals surface area (Å²) in [6.07, 6.45) is 3.81. The summed E-state index contributed by atoms with van der Waals surface area (Å²) in [6.45, 7) is 9.11. The molecule has 1 aromatic heterocycles.